The minimum absolute atomic E-state index is 0.252. The van der Waals surface area contributed by atoms with E-state index in [1.54, 1.807) is 25.2 Å². The zero-order valence-corrected chi connectivity index (χ0v) is 12.4. The molecule has 0 bridgehead atoms. The fraction of sp³-hybridized carbons (Fsp3) is 0.143. The van der Waals surface area contributed by atoms with Crippen molar-refractivity contribution in [1.29, 1.82) is 0 Å². The Morgan fingerprint density at radius 1 is 1.25 bits per heavy atom. The number of hydrogen-bond donors (Lipinski definition) is 1. The predicted molar refractivity (Wildman–Crippen MR) is 80.8 cm³/mol. The number of anilines is 1. The number of nitrogens with one attached hydrogen (secondary N) is 1. The number of benzene rings is 1. The fourth-order valence-corrected chi connectivity index (χ4v) is 2.11. The molecule has 2 rings (SSSR count). The Morgan fingerprint density at radius 2 is 1.95 bits per heavy atom. The van der Waals surface area contributed by atoms with Crippen molar-refractivity contribution >= 4 is 34.8 Å². The molecule has 1 heterocycles. The molecule has 6 heteroatoms. The van der Waals surface area contributed by atoms with E-state index in [0.29, 0.717) is 15.7 Å². The zero-order chi connectivity index (χ0) is 14.9. The molecule has 0 atom stereocenters. The van der Waals surface area contributed by atoms with E-state index in [1.165, 1.54) is 16.8 Å². The first-order valence-electron chi connectivity index (χ1n) is 5.83. The number of nitrogens with zero attached hydrogens (tertiary/aromatic N) is 1. The van der Waals surface area contributed by atoms with E-state index >= 15 is 0 Å². The summed E-state index contributed by atoms with van der Waals surface area (Å²) in [6.07, 6.45) is 1.52. The standard InChI is InChI=1S/C14H12Cl2N2O2/c1-8-3-4-10(15)13(12(8)16)17-14(20)9-5-6-18(2)11(19)7-9/h3-7H,1-2H3,(H,17,20). The Morgan fingerprint density at radius 3 is 2.60 bits per heavy atom. The highest BCUT2D eigenvalue weighted by molar-refractivity contribution is 6.40. The summed E-state index contributed by atoms with van der Waals surface area (Å²) in [7, 11) is 1.61. The van der Waals surface area contributed by atoms with Gasteiger partial charge in [0.2, 0.25) is 0 Å². The van der Waals surface area contributed by atoms with Crippen LogP contribution >= 0.6 is 23.2 Å². The predicted octanol–water partition coefficient (Wildman–Crippen LogP) is 3.25. The maximum absolute atomic E-state index is 12.1. The quantitative estimate of drug-likeness (QED) is 0.925. The molecule has 0 saturated heterocycles. The van der Waals surface area contributed by atoms with Crippen molar-refractivity contribution in [1.82, 2.24) is 4.57 Å². The topological polar surface area (TPSA) is 51.1 Å². The molecular weight excluding hydrogens is 299 g/mol. The lowest BCUT2D eigenvalue weighted by Crippen LogP contribution is -2.20. The van der Waals surface area contributed by atoms with E-state index in [0.717, 1.165) is 5.56 Å². The largest absolute Gasteiger partial charge is 0.319 e. The van der Waals surface area contributed by atoms with Gasteiger partial charge < -0.3 is 9.88 Å². The van der Waals surface area contributed by atoms with Crippen molar-refractivity contribution in [2.75, 3.05) is 5.32 Å². The number of amides is 1. The van der Waals surface area contributed by atoms with Crippen LogP contribution in [-0.4, -0.2) is 10.5 Å². The first-order valence-corrected chi connectivity index (χ1v) is 6.58. The molecule has 0 fully saturated rings. The Hall–Kier alpha value is -1.78. The van der Waals surface area contributed by atoms with Crippen LogP contribution in [0.3, 0.4) is 0 Å². The van der Waals surface area contributed by atoms with E-state index in [9.17, 15) is 9.59 Å². The molecule has 0 aliphatic rings. The highest BCUT2D eigenvalue weighted by Gasteiger charge is 2.13. The van der Waals surface area contributed by atoms with Crippen molar-refractivity contribution in [3.05, 3.63) is 62.0 Å². The normalized spacial score (nSPS) is 10.4. The van der Waals surface area contributed by atoms with Gasteiger partial charge in [-0.05, 0) is 24.6 Å². The van der Waals surface area contributed by atoms with Crippen molar-refractivity contribution in [3.8, 4) is 0 Å². The Kier molecular flexibility index (Phi) is 4.16. The number of pyridine rings is 1. The highest BCUT2D eigenvalue weighted by atomic mass is 35.5. The maximum Gasteiger partial charge on any atom is 0.255 e. The number of hydrogen-bond acceptors (Lipinski definition) is 2. The van der Waals surface area contributed by atoms with Crippen LogP contribution in [0.5, 0.6) is 0 Å². The molecule has 4 nitrogen and oxygen atoms in total. The minimum atomic E-state index is -0.433. The Bertz CT molecular complexity index is 738. The monoisotopic (exact) mass is 310 g/mol. The first kappa shape index (κ1) is 14.6. The summed E-state index contributed by atoms with van der Waals surface area (Å²) < 4.78 is 1.38. The van der Waals surface area contributed by atoms with Crippen LogP contribution in [0.2, 0.25) is 10.0 Å². The molecule has 1 N–H and O–H groups in total. The molecule has 1 amide bonds. The van der Waals surface area contributed by atoms with Gasteiger partial charge in [0.1, 0.15) is 0 Å². The molecule has 0 radical (unpaired) electrons. The van der Waals surface area contributed by atoms with Crippen LogP contribution in [0.4, 0.5) is 5.69 Å². The smallest absolute Gasteiger partial charge is 0.255 e. The van der Waals surface area contributed by atoms with Gasteiger partial charge in [0.15, 0.2) is 0 Å². The van der Waals surface area contributed by atoms with Gasteiger partial charge in [0, 0.05) is 24.9 Å². The number of aromatic nitrogens is 1. The van der Waals surface area contributed by atoms with Gasteiger partial charge in [0.05, 0.1) is 15.7 Å². The van der Waals surface area contributed by atoms with Crippen LogP contribution in [0.15, 0.2) is 35.3 Å². The third kappa shape index (κ3) is 2.86. The lowest BCUT2D eigenvalue weighted by molar-refractivity contribution is 0.102. The summed E-state index contributed by atoms with van der Waals surface area (Å²) in [5.74, 6) is -0.433. The van der Waals surface area contributed by atoms with Gasteiger partial charge in [-0.2, -0.15) is 0 Å². The Balaban J connectivity index is 2.35. The van der Waals surface area contributed by atoms with Crippen LogP contribution in [-0.2, 0) is 7.05 Å². The number of halogens is 2. The Labute approximate surface area is 125 Å². The van der Waals surface area contributed by atoms with Crippen LogP contribution in [0, 0.1) is 6.92 Å². The van der Waals surface area contributed by atoms with Crippen LogP contribution in [0.1, 0.15) is 15.9 Å². The molecular formula is C14H12Cl2N2O2. The third-order valence-corrected chi connectivity index (χ3v) is 3.69. The number of carbonyl (C=O) groups is 1. The van der Waals surface area contributed by atoms with Crippen molar-refractivity contribution in [2.24, 2.45) is 7.05 Å². The van der Waals surface area contributed by atoms with E-state index in [2.05, 4.69) is 5.32 Å². The highest BCUT2D eigenvalue weighted by Crippen LogP contribution is 2.33. The molecule has 1 aromatic carbocycles. The molecule has 0 saturated carbocycles. The average molecular weight is 311 g/mol. The van der Waals surface area contributed by atoms with Gasteiger partial charge in [-0.25, -0.2) is 0 Å². The number of aryl methyl sites for hydroxylation is 2. The molecule has 0 spiro atoms. The summed E-state index contributed by atoms with van der Waals surface area (Å²) in [5.41, 5.74) is 1.13. The van der Waals surface area contributed by atoms with E-state index in [4.69, 9.17) is 23.2 Å². The SMILES string of the molecule is Cc1ccc(Cl)c(NC(=O)c2ccn(C)c(=O)c2)c1Cl. The van der Waals surface area contributed by atoms with E-state index < -0.39 is 5.91 Å². The van der Waals surface area contributed by atoms with Gasteiger partial charge in [-0.3, -0.25) is 9.59 Å². The summed E-state index contributed by atoms with van der Waals surface area (Å²) in [6, 6.07) is 6.22. The van der Waals surface area contributed by atoms with Crippen molar-refractivity contribution < 1.29 is 4.79 Å². The van der Waals surface area contributed by atoms with Gasteiger partial charge >= 0.3 is 0 Å². The first-order chi connectivity index (χ1) is 9.40. The maximum atomic E-state index is 12.1. The lowest BCUT2D eigenvalue weighted by atomic mass is 10.2. The second-order valence-corrected chi connectivity index (χ2v) is 5.16. The summed E-state index contributed by atoms with van der Waals surface area (Å²) in [5, 5.41) is 3.36. The molecule has 104 valence electrons. The van der Waals surface area contributed by atoms with Crippen LogP contribution in [0.25, 0.3) is 0 Å². The third-order valence-electron chi connectivity index (χ3n) is 2.89. The van der Waals surface area contributed by atoms with Crippen LogP contribution < -0.4 is 10.9 Å². The number of rotatable bonds is 2. The van der Waals surface area contributed by atoms with Crippen molar-refractivity contribution in [2.45, 2.75) is 6.92 Å². The minimum Gasteiger partial charge on any atom is -0.319 e. The van der Waals surface area contributed by atoms with E-state index in [1.807, 2.05) is 6.92 Å². The summed E-state index contributed by atoms with van der Waals surface area (Å²) >= 11 is 12.1. The molecule has 0 unspecified atom stereocenters. The second-order valence-electron chi connectivity index (χ2n) is 4.37. The molecule has 1 aromatic heterocycles. The lowest BCUT2D eigenvalue weighted by Gasteiger charge is -2.11. The zero-order valence-electron chi connectivity index (χ0n) is 10.9. The average Bonchev–Trinajstić information content (AvgIpc) is 2.42. The molecule has 20 heavy (non-hydrogen) atoms. The fourth-order valence-electron chi connectivity index (χ4n) is 1.65. The number of carbonyl (C=O) groups excluding carboxylic acids is 1. The van der Waals surface area contributed by atoms with Gasteiger partial charge in [0.25, 0.3) is 11.5 Å². The van der Waals surface area contributed by atoms with Crippen molar-refractivity contribution in [3.63, 3.8) is 0 Å². The molecule has 0 aliphatic heterocycles. The van der Waals surface area contributed by atoms with E-state index in [-0.39, 0.29) is 11.1 Å². The van der Waals surface area contributed by atoms with Gasteiger partial charge in [-0.1, -0.05) is 29.3 Å². The molecule has 2 aromatic rings. The summed E-state index contributed by atoms with van der Waals surface area (Å²) in [4.78, 5) is 23.6. The molecule has 0 aliphatic carbocycles. The van der Waals surface area contributed by atoms with Gasteiger partial charge in [-0.15, -0.1) is 0 Å². The second kappa shape index (κ2) is 5.69. The summed E-state index contributed by atoms with van der Waals surface area (Å²) in [6.45, 7) is 1.81.